The van der Waals surface area contributed by atoms with Crippen LogP contribution in [-0.2, 0) is 27.0 Å². The molecule has 10 nitrogen and oxygen atoms in total. The Kier molecular flexibility index (Phi) is 11.3. The van der Waals surface area contributed by atoms with E-state index in [1.54, 1.807) is 0 Å². The summed E-state index contributed by atoms with van der Waals surface area (Å²) in [5.74, 6) is -2.44. The molecule has 2 aromatic rings. The average Bonchev–Trinajstić information content (AvgIpc) is 3.29. The number of benzene rings is 2. The first-order chi connectivity index (χ1) is 20.4. The Morgan fingerprint density at radius 3 is 2.02 bits per heavy atom. The van der Waals surface area contributed by atoms with Crippen LogP contribution in [0.5, 0.6) is 5.75 Å². The monoisotopic (exact) mass is 633 g/mol. The number of aliphatic hydroxyl groups excluding tert-OH is 1. The normalized spacial score (nSPS) is 19.3. The zero-order chi connectivity index (χ0) is 32.8. The number of ketones is 1. The molecule has 0 aromatic heterocycles. The summed E-state index contributed by atoms with van der Waals surface area (Å²) in [6.45, 7) is 0.491. The van der Waals surface area contributed by atoms with Crippen molar-refractivity contribution >= 4 is 17.6 Å². The number of amides is 2. The van der Waals surface area contributed by atoms with Gasteiger partial charge >= 0.3 is 12.5 Å². The number of halogens is 6. The van der Waals surface area contributed by atoms with Gasteiger partial charge < -0.3 is 37.3 Å². The fourth-order valence-electron chi connectivity index (χ4n) is 4.56. The Balaban J connectivity index is 1.69. The highest BCUT2D eigenvalue weighted by Gasteiger charge is 2.35. The molecule has 1 saturated heterocycles. The van der Waals surface area contributed by atoms with Gasteiger partial charge in [-0.3, -0.25) is 14.4 Å². The van der Waals surface area contributed by atoms with Gasteiger partial charge in [0.25, 0.3) is 0 Å². The van der Waals surface area contributed by atoms with E-state index in [1.807, 2.05) is 0 Å². The Bertz CT molecular complexity index is 1280. The Morgan fingerprint density at radius 1 is 0.932 bits per heavy atom. The minimum absolute atomic E-state index is 0.0160. The van der Waals surface area contributed by atoms with Gasteiger partial charge in [0.2, 0.25) is 11.8 Å². The molecule has 16 heteroatoms. The number of nitrogens with two attached hydrogens (primary N) is 3. The van der Waals surface area contributed by atoms with Crippen LogP contribution in [0.3, 0.4) is 0 Å². The molecule has 1 aliphatic rings. The number of nitrogens with one attached hydrogen (secondary N) is 1. The van der Waals surface area contributed by atoms with Gasteiger partial charge in [-0.25, -0.2) is 0 Å². The van der Waals surface area contributed by atoms with E-state index in [2.05, 4.69) is 10.1 Å². The van der Waals surface area contributed by atoms with Crippen LogP contribution in [0.1, 0.15) is 42.1 Å². The quantitative estimate of drug-likeness (QED) is 0.221. The van der Waals surface area contributed by atoms with E-state index < -0.39 is 53.7 Å². The summed E-state index contributed by atoms with van der Waals surface area (Å²) in [5.41, 5.74) is 16.9. The van der Waals surface area contributed by atoms with Crippen molar-refractivity contribution in [3.8, 4) is 5.75 Å². The number of alkyl halides is 6. The van der Waals surface area contributed by atoms with Gasteiger partial charge in [0.05, 0.1) is 11.6 Å². The fourth-order valence-corrected chi connectivity index (χ4v) is 4.56. The van der Waals surface area contributed by atoms with Crippen LogP contribution in [0.4, 0.5) is 26.3 Å². The molecular formula is C28H33F6N5O5. The van der Waals surface area contributed by atoms with E-state index in [1.165, 1.54) is 17.0 Å². The van der Waals surface area contributed by atoms with Crippen molar-refractivity contribution in [2.24, 2.45) is 17.2 Å². The zero-order valence-corrected chi connectivity index (χ0v) is 23.3. The number of aryl methyl sites for hydroxylation is 1. The number of hydrogen-bond donors (Lipinski definition) is 5. The average molecular weight is 634 g/mol. The smallest absolute Gasteiger partial charge is 0.406 e. The number of carbonyl (C=O) groups excluding carboxylic acids is 3. The third kappa shape index (κ3) is 9.90. The minimum atomic E-state index is -4.89. The molecule has 3 rings (SSSR count). The number of rotatable bonds is 12. The van der Waals surface area contributed by atoms with Crippen LogP contribution >= 0.6 is 0 Å². The zero-order valence-electron chi connectivity index (χ0n) is 23.3. The molecule has 0 saturated carbocycles. The molecule has 1 heterocycles. The molecular weight excluding hydrogens is 600 g/mol. The van der Waals surface area contributed by atoms with E-state index in [0.29, 0.717) is 17.7 Å². The van der Waals surface area contributed by atoms with Crippen LogP contribution in [0.15, 0.2) is 48.5 Å². The highest BCUT2D eigenvalue weighted by Crippen LogP contribution is 2.31. The molecule has 1 unspecified atom stereocenters. The molecule has 1 fully saturated rings. The second kappa shape index (κ2) is 14.4. The molecule has 0 radical (unpaired) electrons. The first kappa shape index (κ1) is 34.8. The summed E-state index contributed by atoms with van der Waals surface area (Å²) in [6, 6.07) is 4.31. The molecule has 44 heavy (non-hydrogen) atoms. The number of carbonyl (C=O) groups is 3. The van der Waals surface area contributed by atoms with E-state index in [-0.39, 0.29) is 62.3 Å². The van der Waals surface area contributed by atoms with Crippen molar-refractivity contribution in [1.29, 1.82) is 0 Å². The predicted molar refractivity (Wildman–Crippen MR) is 145 cm³/mol. The van der Waals surface area contributed by atoms with E-state index in [4.69, 9.17) is 17.2 Å². The third-order valence-corrected chi connectivity index (χ3v) is 7.13. The van der Waals surface area contributed by atoms with Gasteiger partial charge in [-0.1, -0.05) is 24.3 Å². The molecule has 8 N–H and O–H groups in total. The molecule has 2 amide bonds. The SMILES string of the molecule is N[C@@H]1CN(C(=O)CC[C@H](N)C(=O)NC(C(=O)CCc2ccc(OC(F)(F)F)cc2)[C@H](O)c2ccc(C(F)(F)F)cc2)C[C@@H]1N. The van der Waals surface area contributed by atoms with Crippen LogP contribution in [-0.4, -0.2) is 71.2 Å². The topological polar surface area (TPSA) is 174 Å². The molecule has 0 aliphatic carbocycles. The van der Waals surface area contributed by atoms with Gasteiger partial charge in [0, 0.05) is 38.0 Å². The molecule has 0 spiro atoms. The molecule has 5 atom stereocenters. The van der Waals surface area contributed by atoms with Gasteiger partial charge in [0.1, 0.15) is 17.9 Å². The standard InChI is InChI=1S/C28H33F6N5O5/c29-27(30,31)17-6-4-16(5-7-17)25(42)24(22(40)11-3-15-1-8-18(9-2-15)44-28(32,33)34)38-26(43)19(35)10-12-23(41)39-13-20(36)21(37)14-39/h1-2,4-9,19-21,24-25,42H,3,10-14,35-37H2,(H,38,43)/t19-,20-,21+,24?,25+/m0/s1. The van der Waals surface area contributed by atoms with E-state index >= 15 is 0 Å². The number of likely N-dealkylation sites (tertiary alicyclic amines) is 1. The van der Waals surface area contributed by atoms with E-state index in [9.17, 15) is 45.8 Å². The number of ether oxygens (including phenoxy) is 1. The Labute approximate surface area is 248 Å². The van der Waals surface area contributed by atoms with Crippen LogP contribution in [0.2, 0.25) is 0 Å². The largest absolute Gasteiger partial charge is 0.573 e. The Morgan fingerprint density at radius 2 is 1.50 bits per heavy atom. The molecule has 1 aliphatic heterocycles. The van der Waals surface area contributed by atoms with Crippen molar-refractivity contribution in [3.63, 3.8) is 0 Å². The maximum atomic E-state index is 13.2. The van der Waals surface area contributed by atoms with Crippen molar-refractivity contribution in [3.05, 3.63) is 65.2 Å². The van der Waals surface area contributed by atoms with E-state index in [0.717, 1.165) is 24.3 Å². The third-order valence-electron chi connectivity index (χ3n) is 7.13. The lowest BCUT2D eigenvalue weighted by Gasteiger charge is -2.25. The number of Topliss-reactive ketones (excluding diaryl/α,β-unsaturated/α-hetero) is 1. The summed E-state index contributed by atoms with van der Waals surface area (Å²) in [5, 5.41) is 13.3. The lowest BCUT2D eigenvalue weighted by molar-refractivity contribution is -0.274. The van der Waals surface area contributed by atoms with Crippen molar-refractivity contribution < 1.29 is 50.6 Å². The summed E-state index contributed by atoms with van der Waals surface area (Å²) in [6.07, 6.45) is -11.9. The van der Waals surface area contributed by atoms with Crippen LogP contribution in [0, 0.1) is 0 Å². The highest BCUT2D eigenvalue weighted by atomic mass is 19.4. The lowest BCUT2D eigenvalue weighted by atomic mass is 9.94. The number of hydrogen-bond acceptors (Lipinski definition) is 8. The fraction of sp³-hybridized carbons (Fsp3) is 0.464. The summed E-state index contributed by atoms with van der Waals surface area (Å²) in [4.78, 5) is 40.1. The minimum Gasteiger partial charge on any atom is -0.406 e. The Hall–Kier alpha value is -3.73. The van der Waals surface area contributed by atoms with Gasteiger partial charge in [-0.05, 0) is 48.2 Å². The van der Waals surface area contributed by atoms with Crippen molar-refractivity contribution in [1.82, 2.24) is 10.2 Å². The van der Waals surface area contributed by atoms with Gasteiger partial charge in [0.15, 0.2) is 5.78 Å². The number of aliphatic hydroxyl groups is 1. The van der Waals surface area contributed by atoms with Crippen molar-refractivity contribution in [2.75, 3.05) is 13.1 Å². The molecule has 2 aromatic carbocycles. The second-order valence-electron chi connectivity index (χ2n) is 10.5. The maximum Gasteiger partial charge on any atom is 0.573 e. The lowest BCUT2D eigenvalue weighted by Crippen LogP contribution is -2.51. The van der Waals surface area contributed by atoms with Gasteiger partial charge in [-0.15, -0.1) is 13.2 Å². The highest BCUT2D eigenvalue weighted by molar-refractivity contribution is 5.91. The first-order valence-electron chi connectivity index (χ1n) is 13.5. The summed E-state index contributed by atoms with van der Waals surface area (Å²) in [7, 11) is 0. The maximum absolute atomic E-state index is 13.2. The summed E-state index contributed by atoms with van der Waals surface area (Å²) >= 11 is 0. The molecule has 242 valence electrons. The van der Waals surface area contributed by atoms with Crippen LogP contribution in [0.25, 0.3) is 0 Å². The predicted octanol–water partition coefficient (Wildman–Crippen LogP) is 1.93. The van der Waals surface area contributed by atoms with Crippen molar-refractivity contribution in [2.45, 2.75) is 68.5 Å². The second-order valence-corrected chi connectivity index (χ2v) is 10.5. The molecule has 0 bridgehead atoms. The van der Waals surface area contributed by atoms with Gasteiger partial charge in [-0.2, -0.15) is 13.2 Å². The summed E-state index contributed by atoms with van der Waals surface area (Å²) < 4.78 is 80.1. The number of nitrogens with zero attached hydrogens (tertiary/aromatic N) is 1. The van der Waals surface area contributed by atoms with Crippen LogP contribution < -0.4 is 27.3 Å². The first-order valence-corrected chi connectivity index (χ1v) is 13.5.